The summed E-state index contributed by atoms with van der Waals surface area (Å²) in [5.41, 5.74) is 3.89. The van der Waals surface area contributed by atoms with Crippen LogP contribution in [0.3, 0.4) is 0 Å². The number of carbonyl (C=O) groups excluding carboxylic acids is 1. The van der Waals surface area contributed by atoms with E-state index in [9.17, 15) is 4.79 Å². The van der Waals surface area contributed by atoms with Gasteiger partial charge in [0.15, 0.2) is 0 Å². The molecule has 6 heteroatoms. The molecule has 0 radical (unpaired) electrons. The van der Waals surface area contributed by atoms with Crippen LogP contribution in [0, 0.1) is 6.92 Å². The van der Waals surface area contributed by atoms with Crippen molar-refractivity contribution in [2.75, 3.05) is 0 Å². The van der Waals surface area contributed by atoms with Crippen LogP contribution in [0.1, 0.15) is 30.9 Å². The largest absolute Gasteiger partial charge is 0.439 e. The minimum Gasteiger partial charge on any atom is -0.439 e. The van der Waals surface area contributed by atoms with E-state index < -0.39 is 0 Å². The van der Waals surface area contributed by atoms with Gasteiger partial charge < -0.3 is 9.64 Å². The molecule has 0 bridgehead atoms. The second-order valence-corrected chi connectivity index (χ2v) is 7.63. The fraction of sp³-hybridized carbons (Fsp3) is 0.192. The average molecular weight is 427 g/mol. The Kier molecular flexibility index (Phi) is 6.60. The SMILES string of the molecule is CCC1=CN(Cc2ccccc2)C(=Nc2cc(Oc3ccccn3)ccc2C)NC(=O)C1. The molecule has 0 fully saturated rings. The molecular formula is C26H26N4O2. The highest BCUT2D eigenvalue weighted by atomic mass is 16.5. The van der Waals surface area contributed by atoms with Crippen LogP contribution >= 0.6 is 0 Å². The smallest absolute Gasteiger partial charge is 0.230 e. The van der Waals surface area contributed by atoms with E-state index in [0.29, 0.717) is 30.6 Å². The van der Waals surface area contributed by atoms with E-state index in [1.807, 2.05) is 66.6 Å². The van der Waals surface area contributed by atoms with Gasteiger partial charge >= 0.3 is 0 Å². The Balaban J connectivity index is 1.69. The number of rotatable bonds is 6. The number of hydrogen-bond acceptors (Lipinski definition) is 4. The Morgan fingerprint density at radius 1 is 1.09 bits per heavy atom. The zero-order chi connectivity index (χ0) is 22.3. The molecule has 1 aliphatic heterocycles. The first-order valence-corrected chi connectivity index (χ1v) is 10.7. The molecule has 0 saturated carbocycles. The molecule has 162 valence electrons. The maximum atomic E-state index is 12.6. The lowest BCUT2D eigenvalue weighted by Crippen LogP contribution is -2.39. The third-order valence-corrected chi connectivity index (χ3v) is 5.17. The van der Waals surface area contributed by atoms with Crippen LogP contribution in [0.15, 0.2) is 89.7 Å². The lowest BCUT2D eigenvalue weighted by molar-refractivity contribution is -0.119. The zero-order valence-corrected chi connectivity index (χ0v) is 18.3. The van der Waals surface area contributed by atoms with Crippen molar-refractivity contribution in [3.05, 3.63) is 95.8 Å². The summed E-state index contributed by atoms with van der Waals surface area (Å²) in [5.74, 6) is 1.58. The number of aromatic nitrogens is 1. The second kappa shape index (κ2) is 9.92. The number of hydrogen-bond donors (Lipinski definition) is 1. The Morgan fingerprint density at radius 3 is 2.66 bits per heavy atom. The first kappa shape index (κ1) is 21.3. The number of aryl methyl sites for hydroxylation is 1. The zero-order valence-electron chi connectivity index (χ0n) is 18.3. The van der Waals surface area contributed by atoms with Crippen LogP contribution in [0.5, 0.6) is 11.6 Å². The van der Waals surface area contributed by atoms with Crippen LogP contribution < -0.4 is 10.1 Å². The van der Waals surface area contributed by atoms with Crippen molar-refractivity contribution in [2.24, 2.45) is 4.99 Å². The Morgan fingerprint density at radius 2 is 1.91 bits per heavy atom. The molecule has 1 amide bonds. The van der Waals surface area contributed by atoms with Crippen LogP contribution in [-0.2, 0) is 11.3 Å². The number of aliphatic imine (C=N–C) groups is 1. The van der Waals surface area contributed by atoms with E-state index in [1.54, 1.807) is 12.3 Å². The Bertz CT molecular complexity index is 1140. The number of guanidine groups is 1. The van der Waals surface area contributed by atoms with Gasteiger partial charge in [0.2, 0.25) is 17.7 Å². The number of amides is 1. The highest BCUT2D eigenvalue weighted by Crippen LogP contribution is 2.28. The minimum atomic E-state index is -0.0639. The van der Waals surface area contributed by atoms with Gasteiger partial charge in [-0.1, -0.05) is 49.4 Å². The van der Waals surface area contributed by atoms with Crippen molar-refractivity contribution < 1.29 is 9.53 Å². The lowest BCUT2D eigenvalue weighted by Gasteiger charge is -2.22. The molecule has 0 spiro atoms. The summed E-state index contributed by atoms with van der Waals surface area (Å²) in [6, 6.07) is 21.4. The van der Waals surface area contributed by atoms with Crippen molar-refractivity contribution >= 4 is 17.6 Å². The molecule has 0 unspecified atom stereocenters. The minimum absolute atomic E-state index is 0.0639. The van der Waals surface area contributed by atoms with Crippen LogP contribution in [0.2, 0.25) is 0 Å². The van der Waals surface area contributed by atoms with Crippen molar-refractivity contribution in [1.29, 1.82) is 0 Å². The molecule has 1 aliphatic rings. The van der Waals surface area contributed by atoms with E-state index in [0.717, 1.165) is 28.8 Å². The van der Waals surface area contributed by atoms with Crippen molar-refractivity contribution in [3.63, 3.8) is 0 Å². The Labute approximate surface area is 188 Å². The summed E-state index contributed by atoms with van der Waals surface area (Å²) < 4.78 is 5.87. The predicted molar refractivity (Wildman–Crippen MR) is 126 cm³/mol. The maximum Gasteiger partial charge on any atom is 0.230 e. The Hall–Kier alpha value is -3.93. The third-order valence-electron chi connectivity index (χ3n) is 5.17. The molecule has 6 nitrogen and oxygen atoms in total. The van der Waals surface area contributed by atoms with Gasteiger partial charge in [0.05, 0.1) is 12.2 Å². The quantitative estimate of drug-likeness (QED) is 0.566. The van der Waals surface area contributed by atoms with Crippen LogP contribution in [0.25, 0.3) is 0 Å². The van der Waals surface area contributed by atoms with E-state index in [4.69, 9.17) is 9.73 Å². The number of carbonyl (C=O) groups is 1. The fourth-order valence-corrected chi connectivity index (χ4v) is 3.40. The molecule has 1 aromatic heterocycles. The number of nitrogens with one attached hydrogen (secondary N) is 1. The molecule has 4 rings (SSSR count). The van der Waals surface area contributed by atoms with Gasteiger partial charge in [-0.25, -0.2) is 9.98 Å². The molecule has 2 aromatic carbocycles. The number of benzene rings is 2. The molecule has 1 N–H and O–H groups in total. The summed E-state index contributed by atoms with van der Waals surface area (Å²) in [7, 11) is 0. The van der Waals surface area contributed by atoms with E-state index in [-0.39, 0.29) is 5.91 Å². The maximum absolute atomic E-state index is 12.6. The highest BCUT2D eigenvalue weighted by molar-refractivity contribution is 6.00. The molecule has 0 saturated heterocycles. The molecule has 2 heterocycles. The van der Waals surface area contributed by atoms with Crippen molar-refractivity contribution in [3.8, 4) is 11.6 Å². The first-order chi connectivity index (χ1) is 15.6. The van der Waals surface area contributed by atoms with Gasteiger partial charge in [-0.05, 0) is 42.2 Å². The summed E-state index contributed by atoms with van der Waals surface area (Å²) in [4.78, 5) is 23.6. The van der Waals surface area contributed by atoms with Crippen LogP contribution in [-0.4, -0.2) is 21.8 Å². The molecular weight excluding hydrogens is 400 g/mol. The van der Waals surface area contributed by atoms with Gasteiger partial charge in [0.1, 0.15) is 5.75 Å². The first-order valence-electron chi connectivity index (χ1n) is 10.7. The number of pyridine rings is 1. The average Bonchev–Trinajstić information content (AvgIpc) is 2.95. The molecule has 32 heavy (non-hydrogen) atoms. The molecule has 3 aromatic rings. The summed E-state index contributed by atoms with van der Waals surface area (Å²) in [6.07, 6.45) is 4.89. The standard InChI is InChI=1S/C26H26N4O2/c1-3-20-15-24(31)29-26(30(17-20)18-21-9-5-4-6-10-21)28-23-16-22(13-12-19(23)2)32-25-11-7-8-14-27-25/h4-14,16-17H,3,15,18H2,1-2H3,(H,28,29,31). The topological polar surface area (TPSA) is 66.8 Å². The van der Waals surface area contributed by atoms with Crippen LogP contribution in [0.4, 0.5) is 5.69 Å². The van der Waals surface area contributed by atoms with Gasteiger partial charge in [0, 0.05) is 31.0 Å². The third kappa shape index (κ3) is 5.40. The number of ether oxygens (including phenoxy) is 1. The van der Waals surface area contributed by atoms with Gasteiger partial charge in [-0.3, -0.25) is 10.1 Å². The summed E-state index contributed by atoms with van der Waals surface area (Å²) in [6.45, 7) is 4.65. The van der Waals surface area contributed by atoms with Gasteiger partial charge in [-0.15, -0.1) is 0 Å². The van der Waals surface area contributed by atoms with Crippen molar-refractivity contribution in [2.45, 2.75) is 33.2 Å². The highest BCUT2D eigenvalue weighted by Gasteiger charge is 2.20. The van der Waals surface area contributed by atoms with Crippen molar-refractivity contribution in [1.82, 2.24) is 15.2 Å². The number of nitrogens with zero attached hydrogens (tertiary/aromatic N) is 3. The second-order valence-electron chi connectivity index (χ2n) is 7.63. The van der Waals surface area contributed by atoms with E-state index in [1.165, 1.54) is 0 Å². The summed E-state index contributed by atoms with van der Waals surface area (Å²) in [5, 5.41) is 2.99. The monoisotopic (exact) mass is 426 g/mol. The lowest BCUT2D eigenvalue weighted by atomic mass is 10.1. The van der Waals surface area contributed by atoms with Gasteiger partial charge in [-0.2, -0.15) is 0 Å². The van der Waals surface area contributed by atoms with E-state index >= 15 is 0 Å². The normalized spacial score (nSPS) is 15.2. The summed E-state index contributed by atoms with van der Waals surface area (Å²) >= 11 is 0. The van der Waals surface area contributed by atoms with E-state index in [2.05, 4.69) is 29.4 Å². The van der Waals surface area contributed by atoms with Gasteiger partial charge in [0.25, 0.3) is 0 Å². The molecule has 0 atom stereocenters. The fourth-order valence-electron chi connectivity index (χ4n) is 3.40. The predicted octanol–water partition coefficient (Wildman–Crippen LogP) is 5.49. The molecule has 0 aliphatic carbocycles.